The van der Waals surface area contributed by atoms with Gasteiger partial charge in [-0.2, -0.15) is 0 Å². The molecule has 136 valence electrons. The van der Waals surface area contributed by atoms with Crippen LogP contribution in [0, 0.1) is 6.92 Å². The monoisotopic (exact) mass is 355 g/mol. The van der Waals surface area contributed by atoms with Crippen molar-refractivity contribution in [2.75, 3.05) is 20.8 Å². The quantitative estimate of drug-likeness (QED) is 0.710. The number of amides is 1. The molecule has 6 heteroatoms. The molecule has 0 saturated carbocycles. The Morgan fingerprint density at radius 1 is 1.19 bits per heavy atom. The maximum absolute atomic E-state index is 12.5. The number of hydrogen-bond donors (Lipinski definition) is 2. The van der Waals surface area contributed by atoms with E-state index in [-0.39, 0.29) is 18.2 Å². The fourth-order valence-electron chi connectivity index (χ4n) is 2.87. The molecule has 1 aromatic heterocycles. The summed E-state index contributed by atoms with van der Waals surface area (Å²) < 4.78 is 16.1. The van der Waals surface area contributed by atoms with Crippen molar-refractivity contribution < 1.29 is 23.8 Å². The zero-order valence-electron chi connectivity index (χ0n) is 14.9. The average molecular weight is 355 g/mol. The Labute approximate surface area is 151 Å². The lowest BCUT2D eigenvalue weighted by atomic mass is 10.1. The maximum atomic E-state index is 12.5. The van der Waals surface area contributed by atoms with Crippen molar-refractivity contribution in [3.05, 3.63) is 59.4 Å². The molecule has 0 spiro atoms. The normalized spacial score (nSPS) is 12.0. The Kier molecular flexibility index (Phi) is 5.14. The van der Waals surface area contributed by atoms with Crippen LogP contribution < -0.4 is 14.8 Å². The van der Waals surface area contributed by atoms with E-state index in [0.717, 1.165) is 10.9 Å². The number of carbonyl (C=O) groups is 1. The first-order valence-corrected chi connectivity index (χ1v) is 8.21. The molecule has 3 rings (SSSR count). The number of rotatable bonds is 6. The Morgan fingerprint density at radius 2 is 1.96 bits per heavy atom. The smallest absolute Gasteiger partial charge is 0.287 e. The molecule has 0 aliphatic rings. The predicted octanol–water partition coefficient (Wildman–Crippen LogP) is 3.22. The van der Waals surface area contributed by atoms with Gasteiger partial charge in [0.1, 0.15) is 23.2 Å². The summed E-state index contributed by atoms with van der Waals surface area (Å²) in [7, 11) is 3.07. The third-order valence-corrected chi connectivity index (χ3v) is 4.30. The molecular formula is C20H21NO5. The van der Waals surface area contributed by atoms with Crippen LogP contribution in [-0.4, -0.2) is 31.8 Å². The fourth-order valence-corrected chi connectivity index (χ4v) is 2.87. The topological polar surface area (TPSA) is 80.9 Å². The highest BCUT2D eigenvalue weighted by Crippen LogP contribution is 2.29. The summed E-state index contributed by atoms with van der Waals surface area (Å²) >= 11 is 0. The first-order valence-electron chi connectivity index (χ1n) is 8.21. The van der Waals surface area contributed by atoms with Crippen molar-refractivity contribution in [3.8, 4) is 11.5 Å². The third-order valence-electron chi connectivity index (χ3n) is 4.30. The number of aryl methyl sites for hydroxylation is 1. The summed E-state index contributed by atoms with van der Waals surface area (Å²) in [5, 5.41) is 14.1. The van der Waals surface area contributed by atoms with Crippen molar-refractivity contribution in [3.63, 3.8) is 0 Å². The molecule has 0 bridgehead atoms. The van der Waals surface area contributed by atoms with Crippen LogP contribution in [-0.2, 0) is 0 Å². The average Bonchev–Trinajstić information content (AvgIpc) is 3.02. The zero-order valence-corrected chi connectivity index (χ0v) is 14.9. The van der Waals surface area contributed by atoms with E-state index < -0.39 is 6.10 Å². The van der Waals surface area contributed by atoms with Crippen LogP contribution in [0.4, 0.5) is 0 Å². The van der Waals surface area contributed by atoms with E-state index in [9.17, 15) is 9.90 Å². The highest BCUT2D eigenvalue weighted by atomic mass is 16.5. The third kappa shape index (κ3) is 3.36. The highest BCUT2D eigenvalue weighted by molar-refractivity contribution is 5.98. The van der Waals surface area contributed by atoms with Crippen LogP contribution in [0.1, 0.15) is 27.8 Å². The molecule has 1 amide bonds. The number of furan rings is 1. The van der Waals surface area contributed by atoms with Crippen LogP contribution in [0.5, 0.6) is 11.5 Å². The Bertz CT molecular complexity index is 931. The number of methoxy groups -OCH3 is 2. The highest BCUT2D eigenvalue weighted by Gasteiger charge is 2.20. The number of benzene rings is 2. The van der Waals surface area contributed by atoms with Gasteiger partial charge in [-0.1, -0.05) is 18.2 Å². The number of hydrogen-bond acceptors (Lipinski definition) is 5. The molecule has 0 aliphatic carbocycles. The van der Waals surface area contributed by atoms with E-state index in [2.05, 4.69) is 5.32 Å². The van der Waals surface area contributed by atoms with Gasteiger partial charge in [-0.25, -0.2) is 0 Å². The van der Waals surface area contributed by atoms with Gasteiger partial charge in [0, 0.05) is 23.1 Å². The molecule has 2 aromatic carbocycles. The molecule has 6 nitrogen and oxygen atoms in total. The molecule has 0 fully saturated rings. The lowest BCUT2D eigenvalue weighted by molar-refractivity contribution is 0.0888. The second-order valence-electron chi connectivity index (χ2n) is 5.89. The second kappa shape index (κ2) is 7.49. The molecular weight excluding hydrogens is 334 g/mol. The summed E-state index contributed by atoms with van der Waals surface area (Å²) in [5.74, 6) is 0.988. The van der Waals surface area contributed by atoms with Crippen molar-refractivity contribution in [2.24, 2.45) is 0 Å². The summed E-state index contributed by atoms with van der Waals surface area (Å²) in [6, 6.07) is 12.6. The zero-order chi connectivity index (χ0) is 18.7. The van der Waals surface area contributed by atoms with E-state index in [4.69, 9.17) is 13.9 Å². The molecule has 26 heavy (non-hydrogen) atoms. The Hall–Kier alpha value is -2.99. The van der Waals surface area contributed by atoms with E-state index in [1.165, 1.54) is 7.11 Å². The van der Waals surface area contributed by atoms with Gasteiger partial charge in [0.05, 0.1) is 14.2 Å². The van der Waals surface area contributed by atoms with Crippen molar-refractivity contribution in [1.29, 1.82) is 0 Å². The molecule has 3 aromatic rings. The van der Waals surface area contributed by atoms with Gasteiger partial charge in [0.15, 0.2) is 5.76 Å². The number of para-hydroxylation sites is 1. The van der Waals surface area contributed by atoms with Gasteiger partial charge >= 0.3 is 0 Å². The van der Waals surface area contributed by atoms with E-state index in [1.54, 1.807) is 25.3 Å². The second-order valence-corrected chi connectivity index (χ2v) is 5.89. The van der Waals surface area contributed by atoms with Crippen molar-refractivity contribution in [2.45, 2.75) is 13.0 Å². The number of nitrogens with one attached hydrogen (secondary N) is 1. The standard InChI is InChI=1S/C20H21NO5/c1-12-14-6-4-5-7-18(14)26-19(12)20(23)21-11-16(22)15-10-13(24-2)8-9-17(15)25-3/h4-10,16,22H,11H2,1-3H3,(H,21,23). The summed E-state index contributed by atoms with van der Waals surface area (Å²) in [6.45, 7) is 1.85. The summed E-state index contributed by atoms with van der Waals surface area (Å²) in [4.78, 5) is 12.5. The van der Waals surface area contributed by atoms with E-state index in [1.807, 2.05) is 31.2 Å². The number of fused-ring (bicyclic) bond motifs is 1. The summed E-state index contributed by atoms with van der Waals surface area (Å²) in [5.41, 5.74) is 1.96. The van der Waals surface area contributed by atoms with E-state index in [0.29, 0.717) is 22.6 Å². The van der Waals surface area contributed by atoms with Crippen LogP contribution in [0.25, 0.3) is 11.0 Å². The minimum Gasteiger partial charge on any atom is -0.497 e. The molecule has 0 radical (unpaired) electrons. The fraction of sp³-hybridized carbons (Fsp3) is 0.250. The SMILES string of the molecule is COc1ccc(OC)c(C(O)CNC(=O)c2oc3ccccc3c2C)c1. The minimum absolute atomic E-state index is 0.0127. The molecule has 1 atom stereocenters. The van der Waals surface area contributed by atoms with E-state index >= 15 is 0 Å². The van der Waals surface area contributed by atoms with Gasteiger partial charge < -0.3 is 24.3 Å². The Morgan fingerprint density at radius 3 is 2.65 bits per heavy atom. The molecule has 1 unspecified atom stereocenters. The van der Waals surface area contributed by atoms with Crippen LogP contribution in [0.3, 0.4) is 0 Å². The lowest BCUT2D eigenvalue weighted by Crippen LogP contribution is -2.28. The predicted molar refractivity (Wildman–Crippen MR) is 97.8 cm³/mol. The van der Waals surface area contributed by atoms with Crippen LogP contribution >= 0.6 is 0 Å². The van der Waals surface area contributed by atoms with Crippen LogP contribution in [0.15, 0.2) is 46.9 Å². The molecule has 1 heterocycles. The van der Waals surface area contributed by atoms with Gasteiger partial charge in [0.25, 0.3) is 5.91 Å². The Balaban J connectivity index is 1.75. The van der Waals surface area contributed by atoms with Gasteiger partial charge in [-0.3, -0.25) is 4.79 Å². The minimum atomic E-state index is -0.950. The number of carbonyl (C=O) groups excluding carboxylic acids is 1. The number of aliphatic hydroxyl groups is 1. The summed E-state index contributed by atoms with van der Waals surface area (Å²) in [6.07, 6.45) is -0.950. The first kappa shape index (κ1) is 17.8. The lowest BCUT2D eigenvalue weighted by Gasteiger charge is -2.16. The molecule has 0 aliphatic heterocycles. The first-order chi connectivity index (χ1) is 12.5. The molecule has 0 saturated heterocycles. The van der Waals surface area contributed by atoms with Gasteiger partial charge in [-0.05, 0) is 31.2 Å². The number of ether oxygens (including phenoxy) is 2. The van der Waals surface area contributed by atoms with Crippen molar-refractivity contribution >= 4 is 16.9 Å². The molecule has 2 N–H and O–H groups in total. The largest absolute Gasteiger partial charge is 0.497 e. The maximum Gasteiger partial charge on any atom is 0.287 e. The van der Waals surface area contributed by atoms with Gasteiger partial charge in [-0.15, -0.1) is 0 Å². The van der Waals surface area contributed by atoms with Crippen molar-refractivity contribution in [1.82, 2.24) is 5.32 Å². The number of aliphatic hydroxyl groups excluding tert-OH is 1. The van der Waals surface area contributed by atoms with Gasteiger partial charge in [0.2, 0.25) is 0 Å². The van der Waals surface area contributed by atoms with Crippen LogP contribution in [0.2, 0.25) is 0 Å².